The Bertz CT molecular complexity index is 574. The zero-order valence-electron chi connectivity index (χ0n) is 16.4. The summed E-state index contributed by atoms with van der Waals surface area (Å²) in [6, 6.07) is -0.0666. The van der Waals surface area contributed by atoms with Crippen molar-refractivity contribution < 1.29 is 14.3 Å². The standard InChI is InChI=1S/C20H32N2O3/c1-14-8-7-9-16(11-10-14)17-12-22(15(2)23)13-18(17)21(6)19(24)25-20(3,4)5/h9-11,14,17-18H,7-8,12-13H2,1-6H3. The molecule has 0 radical (unpaired) electrons. The highest BCUT2D eigenvalue weighted by Crippen LogP contribution is 2.32. The van der Waals surface area contributed by atoms with Gasteiger partial charge in [-0.2, -0.15) is 0 Å². The van der Waals surface area contributed by atoms with Crippen LogP contribution < -0.4 is 0 Å². The van der Waals surface area contributed by atoms with Gasteiger partial charge in [0.15, 0.2) is 0 Å². The molecule has 3 atom stereocenters. The van der Waals surface area contributed by atoms with Gasteiger partial charge >= 0.3 is 6.09 Å². The van der Waals surface area contributed by atoms with E-state index in [1.165, 1.54) is 5.57 Å². The van der Waals surface area contributed by atoms with Crippen molar-refractivity contribution in [3.8, 4) is 0 Å². The zero-order chi connectivity index (χ0) is 18.8. The smallest absolute Gasteiger partial charge is 0.410 e. The Morgan fingerprint density at radius 3 is 2.56 bits per heavy atom. The summed E-state index contributed by atoms with van der Waals surface area (Å²) in [6.07, 6.45) is 8.52. The van der Waals surface area contributed by atoms with Crippen LogP contribution in [0.3, 0.4) is 0 Å². The molecule has 1 aliphatic heterocycles. The van der Waals surface area contributed by atoms with Crippen LogP contribution in [-0.2, 0) is 9.53 Å². The van der Waals surface area contributed by atoms with Gasteiger partial charge in [0, 0.05) is 33.0 Å². The summed E-state index contributed by atoms with van der Waals surface area (Å²) in [4.78, 5) is 27.9. The monoisotopic (exact) mass is 348 g/mol. The van der Waals surface area contributed by atoms with Crippen LogP contribution in [0.15, 0.2) is 23.8 Å². The van der Waals surface area contributed by atoms with Crippen molar-refractivity contribution in [3.63, 3.8) is 0 Å². The van der Waals surface area contributed by atoms with Gasteiger partial charge in [-0.15, -0.1) is 0 Å². The van der Waals surface area contributed by atoms with E-state index in [4.69, 9.17) is 4.74 Å². The van der Waals surface area contributed by atoms with Crippen molar-refractivity contribution in [2.24, 2.45) is 11.8 Å². The Balaban J connectivity index is 2.22. The van der Waals surface area contributed by atoms with E-state index >= 15 is 0 Å². The summed E-state index contributed by atoms with van der Waals surface area (Å²) in [5.74, 6) is 0.737. The summed E-state index contributed by atoms with van der Waals surface area (Å²) in [6.45, 7) is 10.6. The van der Waals surface area contributed by atoms with Gasteiger partial charge in [0.05, 0.1) is 6.04 Å². The van der Waals surface area contributed by atoms with Gasteiger partial charge in [0.1, 0.15) is 5.60 Å². The molecule has 1 saturated heterocycles. The molecule has 0 aromatic carbocycles. The first-order valence-corrected chi connectivity index (χ1v) is 9.18. The van der Waals surface area contributed by atoms with Crippen LogP contribution in [0.25, 0.3) is 0 Å². The van der Waals surface area contributed by atoms with E-state index in [2.05, 4.69) is 25.2 Å². The number of ether oxygens (including phenoxy) is 1. The Kier molecular flexibility index (Phi) is 5.96. The summed E-state index contributed by atoms with van der Waals surface area (Å²) in [5.41, 5.74) is 0.699. The minimum absolute atomic E-state index is 0.0525. The van der Waals surface area contributed by atoms with Crippen LogP contribution in [0.5, 0.6) is 0 Å². The zero-order valence-corrected chi connectivity index (χ0v) is 16.4. The molecule has 1 aliphatic carbocycles. The average Bonchev–Trinajstić information content (AvgIpc) is 2.82. The van der Waals surface area contributed by atoms with Crippen molar-refractivity contribution in [3.05, 3.63) is 23.8 Å². The van der Waals surface area contributed by atoms with Crippen LogP contribution in [0, 0.1) is 11.8 Å². The lowest BCUT2D eigenvalue weighted by molar-refractivity contribution is -0.128. The molecule has 0 aromatic rings. The average molecular weight is 348 g/mol. The first kappa shape index (κ1) is 19.5. The summed E-state index contributed by atoms with van der Waals surface area (Å²) in [5, 5.41) is 0. The normalized spacial score (nSPS) is 26.9. The molecule has 2 rings (SSSR count). The predicted molar refractivity (Wildman–Crippen MR) is 99.2 cm³/mol. The van der Waals surface area contributed by atoms with Crippen molar-refractivity contribution >= 4 is 12.0 Å². The number of nitrogens with zero attached hydrogens (tertiary/aromatic N) is 2. The molecule has 0 aromatic heterocycles. The van der Waals surface area contributed by atoms with Crippen molar-refractivity contribution in [2.45, 2.75) is 59.1 Å². The fourth-order valence-corrected chi connectivity index (χ4v) is 3.46. The Morgan fingerprint density at radius 2 is 1.96 bits per heavy atom. The van der Waals surface area contributed by atoms with Crippen LogP contribution in [0.4, 0.5) is 4.79 Å². The maximum Gasteiger partial charge on any atom is 0.410 e. The topological polar surface area (TPSA) is 49.9 Å². The minimum atomic E-state index is -0.531. The molecule has 3 unspecified atom stereocenters. The number of carbonyl (C=O) groups excluding carboxylic acids is 2. The van der Waals surface area contributed by atoms with E-state index in [1.54, 1.807) is 18.9 Å². The number of amides is 2. The molecular formula is C20H32N2O3. The van der Waals surface area contributed by atoms with E-state index < -0.39 is 5.60 Å². The summed E-state index contributed by atoms with van der Waals surface area (Å²) >= 11 is 0. The SMILES string of the molecule is CC(=O)N1CC(C2=CCCC(C)C=C2)C(N(C)C(=O)OC(C)(C)C)C1. The first-order valence-electron chi connectivity index (χ1n) is 9.18. The number of likely N-dealkylation sites (N-methyl/N-ethyl adjacent to an activating group) is 1. The van der Waals surface area contributed by atoms with E-state index in [0.29, 0.717) is 19.0 Å². The molecule has 2 amide bonds. The second-order valence-corrected chi connectivity index (χ2v) is 8.31. The predicted octanol–water partition coefficient (Wildman–Crippen LogP) is 3.61. The van der Waals surface area contributed by atoms with E-state index in [0.717, 1.165) is 12.8 Å². The van der Waals surface area contributed by atoms with Gasteiger partial charge in [-0.25, -0.2) is 4.79 Å². The molecule has 1 heterocycles. The number of likely N-dealkylation sites (tertiary alicyclic amines) is 1. The summed E-state index contributed by atoms with van der Waals surface area (Å²) < 4.78 is 5.53. The van der Waals surface area contributed by atoms with E-state index in [-0.39, 0.29) is 24.0 Å². The maximum atomic E-state index is 12.5. The molecule has 0 N–H and O–H groups in total. The van der Waals surface area contributed by atoms with Gasteiger partial charge in [-0.05, 0) is 45.1 Å². The van der Waals surface area contributed by atoms with Crippen molar-refractivity contribution in [1.29, 1.82) is 0 Å². The number of hydrogen-bond acceptors (Lipinski definition) is 3. The largest absolute Gasteiger partial charge is 0.444 e. The number of hydrogen-bond donors (Lipinski definition) is 0. The molecule has 0 saturated carbocycles. The minimum Gasteiger partial charge on any atom is -0.444 e. The molecule has 0 bridgehead atoms. The molecular weight excluding hydrogens is 316 g/mol. The highest BCUT2D eigenvalue weighted by Gasteiger charge is 2.40. The third-order valence-corrected chi connectivity index (χ3v) is 4.96. The number of allylic oxidation sites excluding steroid dienone is 3. The van der Waals surface area contributed by atoms with Gasteiger partial charge in [0.2, 0.25) is 5.91 Å². The van der Waals surface area contributed by atoms with Crippen LogP contribution in [0.1, 0.15) is 47.5 Å². The Hall–Kier alpha value is -1.78. The lowest BCUT2D eigenvalue weighted by Crippen LogP contribution is -2.45. The Labute approximate surface area is 151 Å². The molecule has 0 spiro atoms. The Morgan fingerprint density at radius 1 is 1.28 bits per heavy atom. The van der Waals surface area contributed by atoms with Crippen molar-refractivity contribution in [2.75, 3.05) is 20.1 Å². The van der Waals surface area contributed by atoms with Gasteiger partial charge in [0.25, 0.3) is 0 Å². The molecule has 25 heavy (non-hydrogen) atoms. The third kappa shape index (κ3) is 5.10. The van der Waals surface area contributed by atoms with Crippen LogP contribution in [0.2, 0.25) is 0 Å². The van der Waals surface area contributed by atoms with Crippen LogP contribution in [-0.4, -0.2) is 53.6 Å². The molecule has 5 heteroatoms. The highest BCUT2D eigenvalue weighted by atomic mass is 16.6. The van der Waals surface area contributed by atoms with E-state index in [1.807, 2.05) is 25.7 Å². The highest BCUT2D eigenvalue weighted by molar-refractivity contribution is 5.74. The third-order valence-electron chi connectivity index (χ3n) is 4.96. The molecule has 140 valence electrons. The van der Waals surface area contributed by atoms with Gasteiger partial charge in [-0.1, -0.05) is 25.2 Å². The number of rotatable bonds is 2. The molecule has 5 nitrogen and oxygen atoms in total. The molecule has 2 aliphatic rings. The van der Waals surface area contributed by atoms with Gasteiger partial charge in [-0.3, -0.25) is 4.79 Å². The van der Waals surface area contributed by atoms with Crippen molar-refractivity contribution in [1.82, 2.24) is 9.80 Å². The number of carbonyl (C=O) groups is 2. The van der Waals surface area contributed by atoms with E-state index in [9.17, 15) is 9.59 Å². The second kappa shape index (κ2) is 7.63. The molecule has 1 fully saturated rings. The van der Waals surface area contributed by atoms with Crippen LogP contribution >= 0.6 is 0 Å². The lowest BCUT2D eigenvalue weighted by atomic mass is 9.92. The second-order valence-electron chi connectivity index (χ2n) is 8.31. The lowest BCUT2D eigenvalue weighted by Gasteiger charge is -2.31. The first-order chi connectivity index (χ1) is 11.6. The fourth-order valence-electron chi connectivity index (χ4n) is 3.46. The van der Waals surface area contributed by atoms with Gasteiger partial charge < -0.3 is 14.5 Å². The summed E-state index contributed by atoms with van der Waals surface area (Å²) in [7, 11) is 1.78. The fraction of sp³-hybridized carbons (Fsp3) is 0.700. The maximum absolute atomic E-state index is 12.5. The quantitative estimate of drug-likeness (QED) is 0.766.